The van der Waals surface area contributed by atoms with Crippen LogP contribution in [0, 0.1) is 17.8 Å². The number of ether oxygens (including phenoxy) is 1. The summed E-state index contributed by atoms with van der Waals surface area (Å²) in [5, 5.41) is 10.3. The molecule has 1 heterocycles. The Hall–Kier alpha value is -0.120. The van der Waals surface area contributed by atoms with Gasteiger partial charge in [-0.25, -0.2) is 0 Å². The molecule has 3 nitrogen and oxygen atoms in total. The van der Waals surface area contributed by atoms with Gasteiger partial charge >= 0.3 is 0 Å². The van der Waals surface area contributed by atoms with E-state index in [2.05, 4.69) is 18.7 Å². The lowest BCUT2D eigenvalue weighted by molar-refractivity contribution is 0.00228. The van der Waals surface area contributed by atoms with E-state index in [1.807, 2.05) is 0 Å². The van der Waals surface area contributed by atoms with E-state index in [9.17, 15) is 5.11 Å². The number of hydrogen-bond donors (Lipinski definition) is 1. The van der Waals surface area contributed by atoms with E-state index >= 15 is 0 Å². The minimum Gasteiger partial charge on any atom is -0.391 e. The summed E-state index contributed by atoms with van der Waals surface area (Å²) in [5.74, 6) is 2.21. The molecule has 1 aliphatic carbocycles. The van der Waals surface area contributed by atoms with Gasteiger partial charge in [0.25, 0.3) is 0 Å². The fraction of sp³-hybridized carbons (Fsp3) is 1.00. The van der Waals surface area contributed by atoms with E-state index in [4.69, 9.17) is 4.74 Å². The lowest BCUT2D eigenvalue weighted by Gasteiger charge is -2.40. The molecule has 1 aliphatic heterocycles. The van der Waals surface area contributed by atoms with Gasteiger partial charge in [-0.3, -0.25) is 4.90 Å². The van der Waals surface area contributed by atoms with Crippen LogP contribution in [0.15, 0.2) is 0 Å². The quantitative estimate of drug-likeness (QED) is 0.835. The van der Waals surface area contributed by atoms with Crippen LogP contribution in [0.5, 0.6) is 0 Å². The van der Waals surface area contributed by atoms with E-state index in [0.717, 1.165) is 38.0 Å². The average molecular weight is 255 g/mol. The third-order valence-electron chi connectivity index (χ3n) is 4.95. The molecule has 4 unspecified atom stereocenters. The molecule has 3 heteroatoms. The predicted molar refractivity (Wildman–Crippen MR) is 73.5 cm³/mol. The molecular formula is C15H29NO2. The topological polar surface area (TPSA) is 32.7 Å². The molecule has 0 aromatic rings. The van der Waals surface area contributed by atoms with E-state index in [1.165, 1.54) is 19.3 Å². The van der Waals surface area contributed by atoms with Crippen molar-refractivity contribution in [2.24, 2.45) is 17.8 Å². The summed E-state index contributed by atoms with van der Waals surface area (Å²) in [4.78, 5) is 2.52. The number of rotatable bonds is 4. The first kappa shape index (κ1) is 14.3. The molecule has 2 fully saturated rings. The van der Waals surface area contributed by atoms with Crippen molar-refractivity contribution >= 4 is 0 Å². The van der Waals surface area contributed by atoms with Gasteiger partial charge in [-0.05, 0) is 50.0 Å². The summed E-state index contributed by atoms with van der Waals surface area (Å²) in [5.41, 5.74) is 0. The molecule has 4 atom stereocenters. The van der Waals surface area contributed by atoms with Gasteiger partial charge in [-0.1, -0.05) is 13.8 Å². The van der Waals surface area contributed by atoms with Crippen LogP contribution in [0.4, 0.5) is 0 Å². The van der Waals surface area contributed by atoms with Gasteiger partial charge in [0.1, 0.15) is 0 Å². The van der Waals surface area contributed by atoms with Crippen molar-refractivity contribution in [3.8, 4) is 0 Å². The summed E-state index contributed by atoms with van der Waals surface area (Å²) >= 11 is 0. The SMILES string of the molecule is COCC1CCN(C2CC(C(C)C)CCC2O)C1. The zero-order valence-electron chi connectivity index (χ0n) is 12.1. The van der Waals surface area contributed by atoms with Gasteiger partial charge < -0.3 is 9.84 Å². The highest BCUT2D eigenvalue weighted by atomic mass is 16.5. The number of nitrogens with zero attached hydrogens (tertiary/aromatic N) is 1. The Morgan fingerprint density at radius 1 is 1.28 bits per heavy atom. The molecular weight excluding hydrogens is 226 g/mol. The van der Waals surface area contributed by atoms with Crippen molar-refractivity contribution in [3.63, 3.8) is 0 Å². The van der Waals surface area contributed by atoms with E-state index in [0.29, 0.717) is 12.0 Å². The second-order valence-corrected chi connectivity index (χ2v) is 6.56. The summed E-state index contributed by atoms with van der Waals surface area (Å²) in [7, 11) is 1.78. The molecule has 0 amide bonds. The first-order valence-corrected chi connectivity index (χ1v) is 7.52. The second-order valence-electron chi connectivity index (χ2n) is 6.56. The molecule has 1 saturated carbocycles. The van der Waals surface area contributed by atoms with Crippen molar-refractivity contribution in [1.29, 1.82) is 0 Å². The standard InChI is InChI=1S/C15H29NO2/c1-11(2)13-4-5-15(17)14(8-13)16-7-6-12(9-16)10-18-3/h11-15,17H,4-10H2,1-3H3. The fourth-order valence-corrected chi connectivity index (χ4v) is 3.70. The maximum Gasteiger partial charge on any atom is 0.0695 e. The first-order valence-electron chi connectivity index (χ1n) is 7.52. The lowest BCUT2D eigenvalue weighted by Crippen LogP contribution is -2.47. The molecule has 1 saturated heterocycles. The number of hydrogen-bond acceptors (Lipinski definition) is 3. The maximum absolute atomic E-state index is 10.3. The van der Waals surface area contributed by atoms with E-state index < -0.39 is 0 Å². The predicted octanol–water partition coefficient (Wildman–Crippen LogP) is 2.14. The highest BCUT2D eigenvalue weighted by molar-refractivity contribution is 4.91. The normalized spacial score (nSPS) is 38.5. The van der Waals surface area contributed by atoms with Crippen molar-refractivity contribution in [2.45, 2.75) is 51.7 Å². The Morgan fingerprint density at radius 3 is 2.72 bits per heavy atom. The molecule has 18 heavy (non-hydrogen) atoms. The van der Waals surface area contributed by atoms with Crippen LogP contribution < -0.4 is 0 Å². The minimum atomic E-state index is -0.110. The van der Waals surface area contributed by atoms with Gasteiger partial charge in [0.05, 0.1) is 12.7 Å². The third kappa shape index (κ3) is 3.25. The highest BCUT2D eigenvalue weighted by Crippen LogP contribution is 2.34. The minimum absolute atomic E-state index is 0.110. The average Bonchev–Trinajstić information content (AvgIpc) is 2.78. The van der Waals surface area contributed by atoms with Gasteiger partial charge in [0, 0.05) is 19.7 Å². The number of aliphatic hydroxyl groups is 1. The number of aliphatic hydroxyl groups excluding tert-OH is 1. The summed E-state index contributed by atoms with van der Waals surface area (Å²) in [6.07, 6.45) is 4.48. The Labute approximate surface area is 112 Å². The number of likely N-dealkylation sites (tertiary alicyclic amines) is 1. The first-order chi connectivity index (χ1) is 8.61. The Bertz CT molecular complexity index is 257. The lowest BCUT2D eigenvalue weighted by atomic mass is 9.77. The molecule has 0 aromatic carbocycles. The molecule has 0 aromatic heterocycles. The van der Waals surface area contributed by atoms with Crippen molar-refractivity contribution in [2.75, 3.05) is 26.8 Å². The van der Waals surface area contributed by atoms with Crippen molar-refractivity contribution in [1.82, 2.24) is 4.90 Å². The van der Waals surface area contributed by atoms with Crippen LogP contribution in [0.3, 0.4) is 0 Å². The highest BCUT2D eigenvalue weighted by Gasteiger charge is 2.37. The van der Waals surface area contributed by atoms with Crippen LogP contribution >= 0.6 is 0 Å². The van der Waals surface area contributed by atoms with Crippen LogP contribution in [-0.2, 0) is 4.74 Å². The van der Waals surface area contributed by atoms with Gasteiger partial charge in [-0.2, -0.15) is 0 Å². The van der Waals surface area contributed by atoms with Crippen molar-refractivity contribution < 1.29 is 9.84 Å². The zero-order chi connectivity index (χ0) is 13.1. The van der Waals surface area contributed by atoms with E-state index in [1.54, 1.807) is 7.11 Å². The van der Waals surface area contributed by atoms with Gasteiger partial charge in [-0.15, -0.1) is 0 Å². The van der Waals surface area contributed by atoms with Gasteiger partial charge in [0.2, 0.25) is 0 Å². The summed E-state index contributed by atoms with van der Waals surface area (Å²) in [6, 6.07) is 0.396. The van der Waals surface area contributed by atoms with Crippen LogP contribution in [0.2, 0.25) is 0 Å². The van der Waals surface area contributed by atoms with Crippen molar-refractivity contribution in [3.05, 3.63) is 0 Å². The van der Waals surface area contributed by atoms with Crippen LogP contribution in [-0.4, -0.2) is 49.0 Å². The largest absolute Gasteiger partial charge is 0.391 e. The molecule has 2 rings (SSSR count). The van der Waals surface area contributed by atoms with Gasteiger partial charge in [0.15, 0.2) is 0 Å². The second kappa shape index (κ2) is 6.36. The molecule has 1 N–H and O–H groups in total. The molecule has 0 radical (unpaired) electrons. The van der Waals surface area contributed by atoms with Crippen LogP contribution in [0.1, 0.15) is 39.5 Å². The Morgan fingerprint density at radius 2 is 2.06 bits per heavy atom. The third-order valence-corrected chi connectivity index (χ3v) is 4.95. The van der Waals surface area contributed by atoms with Crippen LogP contribution in [0.25, 0.3) is 0 Å². The smallest absolute Gasteiger partial charge is 0.0695 e. The maximum atomic E-state index is 10.3. The molecule has 106 valence electrons. The fourth-order valence-electron chi connectivity index (χ4n) is 3.70. The Balaban J connectivity index is 1.90. The summed E-state index contributed by atoms with van der Waals surface area (Å²) < 4.78 is 5.26. The molecule has 0 bridgehead atoms. The zero-order valence-corrected chi connectivity index (χ0v) is 12.1. The Kier molecular flexibility index (Phi) is 5.05. The summed E-state index contributed by atoms with van der Waals surface area (Å²) in [6.45, 7) is 7.75. The molecule has 0 spiro atoms. The number of methoxy groups -OCH3 is 1. The monoisotopic (exact) mass is 255 g/mol. The molecule has 2 aliphatic rings. The van der Waals surface area contributed by atoms with E-state index in [-0.39, 0.29) is 6.10 Å².